The van der Waals surface area contributed by atoms with Crippen LogP contribution < -0.4 is 0 Å². The minimum absolute atomic E-state index is 0.105. The number of hydrogen-bond donors (Lipinski definition) is 2. The first-order valence-electron chi connectivity index (χ1n) is 10.8. The van der Waals surface area contributed by atoms with Gasteiger partial charge >= 0.3 is 5.97 Å². The van der Waals surface area contributed by atoms with Gasteiger partial charge in [0.2, 0.25) is 0 Å². The van der Waals surface area contributed by atoms with Gasteiger partial charge in [-0.25, -0.2) is 4.79 Å². The zero-order valence-electron chi connectivity index (χ0n) is 18.1. The van der Waals surface area contributed by atoms with Crippen molar-refractivity contribution >= 4 is 22.9 Å². The van der Waals surface area contributed by atoms with E-state index in [1.165, 1.54) is 26.2 Å². The zero-order chi connectivity index (χ0) is 21.9. The molecule has 166 valence electrons. The lowest BCUT2D eigenvalue weighted by Crippen LogP contribution is -2.34. The summed E-state index contributed by atoms with van der Waals surface area (Å²) >= 11 is -0.928. The molecule has 2 unspecified atom stereocenters. The Morgan fingerprint density at radius 2 is 1.97 bits per heavy atom. The van der Waals surface area contributed by atoms with Crippen molar-refractivity contribution in [1.29, 1.82) is 0 Å². The quantitative estimate of drug-likeness (QED) is 0.245. The molecule has 6 heteroatoms. The lowest BCUT2D eigenvalue weighted by Gasteiger charge is -2.20. The second-order valence-electron chi connectivity index (χ2n) is 8.46. The summed E-state index contributed by atoms with van der Waals surface area (Å²) in [5.41, 5.74) is -1.73. The van der Waals surface area contributed by atoms with Crippen LogP contribution in [0.5, 0.6) is 0 Å². The molecule has 1 saturated carbocycles. The van der Waals surface area contributed by atoms with Crippen molar-refractivity contribution in [3.63, 3.8) is 0 Å². The van der Waals surface area contributed by atoms with Crippen LogP contribution in [-0.4, -0.2) is 44.1 Å². The molecule has 0 aliphatic heterocycles. The lowest BCUT2D eigenvalue weighted by atomic mass is 9.87. The molecule has 29 heavy (non-hydrogen) atoms. The fourth-order valence-electron chi connectivity index (χ4n) is 3.91. The fourth-order valence-corrected chi connectivity index (χ4v) is 4.86. The summed E-state index contributed by atoms with van der Waals surface area (Å²) in [7, 11) is 0. The second-order valence-corrected chi connectivity index (χ2v) is 9.94. The van der Waals surface area contributed by atoms with E-state index in [0.29, 0.717) is 25.0 Å². The summed E-state index contributed by atoms with van der Waals surface area (Å²) in [6, 6.07) is 0. The Kier molecular flexibility index (Phi) is 11.8. The van der Waals surface area contributed by atoms with Crippen LogP contribution in [0.15, 0.2) is 24.3 Å². The number of carbonyl (C=O) groups is 2. The van der Waals surface area contributed by atoms with Gasteiger partial charge in [0.15, 0.2) is 5.60 Å². The highest BCUT2D eigenvalue weighted by atomic mass is 32.2. The molecule has 0 spiro atoms. The van der Waals surface area contributed by atoms with Crippen molar-refractivity contribution < 1.29 is 24.4 Å². The van der Waals surface area contributed by atoms with Crippen LogP contribution in [-0.2, 0) is 20.8 Å². The van der Waals surface area contributed by atoms with E-state index in [-0.39, 0.29) is 30.0 Å². The number of carboxylic acid groups (broad SMARTS) is 1. The van der Waals surface area contributed by atoms with Crippen molar-refractivity contribution in [2.75, 3.05) is 12.0 Å². The summed E-state index contributed by atoms with van der Waals surface area (Å²) in [6.07, 6.45) is 17.3. The van der Waals surface area contributed by atoms with Gasteiger partial charge in [0, 0.05) is 18.3 Å². The van der Waals surface area contributed by atoms with Crippen LogP contribution in [0.25, 0.3) is 0 Å². The molecule has 0 heterocycles. The average molecular weight is 427 g/mol. The predicted molar refractivity (Wildman–Crippen MR) is 118 cm³/mol. The number of Topliss-reactive ketones (excluding diaryl/α,β-unsaturated/α-hetero) is 1. The van der Waals surface area contributed by atoms with Crippen molar-refractivity contribution in [2.24, 2.45) is 17.8 Å². The standard InChI is InChI=1S/C23H38O5S/c1-4-5-6-7-8-10-13-19-18(17-29(3)28)16-21(24)20(19)14-11-9-12-15-23(2,27)22(25)26/h9-11,13,18-20,27H,4-8,12,14-17H2,1-3H3,(H,25,26)/b11-9-,13-10+/t18-,19-,20+,23?,29?/m0/s1. The van der Waals surface area contributed by atoms with Crippen LogP contribution in [0.2, 0.25) is 0 Å². The van der Waals surface area contributed by atoms with E-state index in [1.54, 1.807) is 6.26 Å². The average Bonchev–Trinajstić information content (AvgIpc) is 2.91. The minimum Gasteiger partial charge on any atom is -0.617 e. The van der Waals surface area contributed by atoms with Crippen molar-refractivity contribution in [3.05, 3.63) is 24.3 Å². The third-order valence-electron chi connectivity index (χ3n) is 5.73. The molecule has 0 aromatic heterocycles. The molecule has 1 rings (SSSR count). The highest BCUT2D eigenvalue weighted by Gasteiger charge is 2.41. The molecule has 2 N–H and O–H groups in total. The first kappa shape index (κ1) is 25.9. The number of unbranched alkanes of at least 4 members (excludes halogenated alkanes) is 4. The van der Waals surface area contributed by atoms with Gasteiger partial charge in [0.1, 0.15) is 11.5 Å². The van der Waals surface area contributed by atoms with Gasteiger partial charge in [-0.2, -0.15) is 0 Å². The summed E-state index contributed by atoms with van der Waals surface area (Å²) in [6.45, 7) is 3.48. The number of hydrogen-bond acceptors (Lipinski definition) is 4. The van der Waals surface area contributed by atoms with E-state index >= 15 is 0 Å². The van der Waals surface area contributed by atoms with Crippen LogP contribution >= 0.6 is 0 Å². The van der Waals surface area contributed by atoms with E-state index in [2.05, 4.69) is 19.1 Å². The molecule has 0 bridgehead atoms. The van der Waals surface area contributed by atoms with Gasteiger partial charge in [-0.15, -0.1) is 0 Å². The van der Waals surface area contributed by atoms with E-state index in [4.69, 9.17) is 5.11 Å². The SMILES string of the molecule is CCCCCC/C=C/[C@H]1[C@H](C[S+](C)[O-])CC(=O)[C@@H]1C/C=C\CCC(C)(O)C(=O)O. The van der Waals surface area contributed by atoms with E-state index < -0.39 is 22.7 Å². The Hall–Kier alpha value is -1.11. The number of carboxylic acids is 1. The van der Waals surface area contributed by atoms with Crippen LogP contribution in [0.1, 0.15) is 71.6 Å². The maximum absolute atomic E-state index is 12.6. The van der Waals surface area contributed by atoms with E-state index in [1.807, 2.05) is 12.2 Å². The zero-order valence-corrected chi connectivity index (χ0v) is 19.0. The monoisotopic (exact) mass is 426 g/mol. The second kappa shape index (κ2) is 13.2. The molecular formula is C23H38O5S. The molecular weight excluding hydrogens is 388 g/mol. The van der Waals surface area contributed by atoms with Gasteiger partial charge in [-0.3, -0.25) is 4.79 Å². The van der Waals surface area contributed by atoms with Gasteiger partial charge in [-0.05, 0) is 44.9 Å². The smallest absolute Gasteiger partial charge is 0.335 e. The predicted octanol–water partition coefficient (Wildman–Crippen LogP) is 4.28. The number of allylic oxidation sites excluding steroid dienone is 4. The Bertz CT molecular complexity index is 568. The van der Waals surface area contributed by atoms with Crippen LogP contribution in [0, 0.1) is 17.8 Å². The first-order valence-corrected chi connectivity index (χ1v) is 12.5. The van der Waals surface area contributed by atoms with Crippen molar-refractivity contribution in [3.8, 4) is 0 Å². The minimum atomic E-state index is -1.73. The maximum Gasteiger partial charge on any atom is 0.335 e. The van der Waals surface area contributed by atoms with Gasteiger partial charge in [0.05, 0.1) is 6.26 Å². The van der Waals surface area contributed by atoms with E-state index in [9.17, 15) is 19.2 Å². The maximum atomic E-state index is 12.6. The number of carbonyl (C=O) groups excluding carboxylic acids is 1. The van der Waals surface area contributed by atoms with Crippen LogP contribution in [0.3, 0.4) is 0 Å². The lowest BCUT2D eigenvalue weighted by molar-refractivity contribution is -0.157. The van der Waals surface area contributed by atoms with Crippen molar-refractivity contribution in [1.82, 2.24) is 0 Å². The molecule has 0 aromatic carbocycles. The number of aliphatic carboxylic acids is 1. The highest BCUT2D eigenvalue weighted by molar-refractivity contribution is 7.90. The Labute approximate surface area is 178 Å². The molecule has 0 aromatic rings. The van der Waals surface area contributed by atoms with Crippen LogP contribution in [0.4, 0.5) is 0 Å². The molecule has 0 amide bonds. The molecule has 5 nitrogen and oxygen atoms in total. The summed E-state index contributed by atoms with van der Waals surface area (Å²) in [4.78, 5) is 23.5. The Morgan fingerprint density at radius 3 is 2.59 bits per heavy atom. The van der Waals surface area contributed by atoms with Gasteiger partial charge in [0.25, 0.3) is 0 Å². The fraction of sp³-hybridized carbons (Fsp3) is 0.739. The molecule has 0 radical (unpaired) electrons. The first-order chi connectivity index (χ1) is 13.7. The molecule has 1 aliphatic carbocycles. The molecule has 0 saturated heterocycles. The summed E-state index contributed by atoms with van der Waals surface area (Å²) in [5, 5.41) is 18.7. The number of aliphatic hydroxyl groups is 1. The van der Waals surface area contributed by atoms with Gasteiger partial charge < -0.3 is 14.8 Å². The molecule has 1 fully saturated rings. The van der Waals surface area contributed by atoms with Gasteiger partial charge in [-0.1, -0.05) is 61.7 Å². The largest absolute Gasteiger partial charge is 0.617 e. The summed E-state index contributed by atoms with van der Waals surface area (Å²) in [5.74, 6) is -0.305. The number of ketones is 1. The normalized spacial score (nSPS) is 25.7. The molecule has 5 atom stereocenters. The Morgan fingerprint density at radius 1 is 1.24 bits per heavy atom. The van der Waals surface area contributed by atoms with E-state index in [0.717, 1.165) is 12.8 Å². The third kappa shape index (κ3) is 9.49. The topological polar surface area (TPSA) is 97.7 Å². The Balaban J connectivity index is 2.65. The highest BCUT2D eigenvalue weighted by Crippen LogP contribution is 2.38. The molecule has 1 aliphatic rings. The van der Waals surface area contributed by atoms with Crippen molar-refractivity contribution in [2.45, 2.75) is 77.2 Å². The third-order valence-corrected chi connectivity index (χ3v) is 6.63. The summed E-state index contributed by atoms with van der Waals surface area (Å²) < 4.78 is 11.7. The number of rotatable bonds is 14.